The fraction of sp³-hybridized carbons (Fsp3) is 0.318. The Kier molecular flexibility index (Phi) is 5.21. The van der Waals surface area contributed by atoms with Gasteiger partial charge >= 0.3 is 0 Å². The third-order valence-corrected chi connectivity index (χ3v) is 8.23. The van der Waals surface area contributed by atoms with Crippen LogP contribution in [0.4, 0.5) is 11.4 Å². The Morgan fingerprint density at radius 3 is 2.31 bits per heavy atom. The lowest BCUT2D eigenvalue weighted by Crippen LogP contribution is -2.48. The van der Waals surface area contributed by atoms with Crippen molar-refractivity contribution in [3.05, 3.63) is 53.6 Å². The molecule has 1 saturated heterocycles. The van der Waals surface area contributed by atoms with Crippen molar-refractivity contribution in [3.8, 4) is 0 Å². The topological polar surface area (TPSA) is 90.4 Å². The van der Waals surface area contributed by atoms with Crippen molar-refractivity contribution >= 4 is 50.0 Å². The lowest BCUT2D eigenvalue weighted by molar-refractivity contribution is 0.0746. The first-order chi connectivity index (χ1) is 15.3. The quantitative estimate of drug-likeness (QED) is 0.637. The number of thioether (sulfide) groups is 1. The Hall–Kier alpha value is -2.85. The molecule has 5 rings (SSSR count). The van der Waals surface area contributed by atoms with Gasteiger partial charge in [0.25, 0.3) is 15.9 Å². The maximum absolute atomic E-state index is 13.1. The minimum Gasteiger partial charge on any atom is -0.368 e. The number of nitrogens with zero attached hydrogens (tertiary/aromatic N) is 4. The molecule has 0 spiro atoms. The van der Waals surface area contributed by atoms with E-state index in [1.54, 1.807) is 13.0 Å². The lowest BCUT2D eigenvalue weighted by atomic mass is 10.1. The van der Waals surface area contributed by atoms with E-state index in [-0.39, 0.29) is 17.4 Å². The summed E-state index contributed by atoms with van der Waals surface area (Å²) in [5.74, 6) is 0.0162. The van der Waals surface area contributed by atoms with E-state index >= 15 is 0 Å². The molecule has 10 heteroatoms. The zero-order chi connectivity index (χ0) is 22.5. The number of ketones is 1. The fourth-order valence-electron chi connectivity index (χ4n) is 4.12. The molecular formula is C22H22N4O4S2. The first-order valence-electron chi connectivity index (χ1n) is 10.4. The summed E-state index contributed by atoms with van der Waals surface area (Å²) >= 11 is 1.30. The molecular weight excluding hydrogens is 448 g/mol. The molecule has 0 radical (unpaired) electrons. The second kappa shape index (κ2) is 7.93. The molecule has 2 aromatic rings. The van der Waals surface area contributed by atoms with Gasteiger partial charge < -0.3 is 14.7 Å². The molecule has 2 aromatic carbocycles. The van der Waals surface area contributed by atoms with Gasteiger partial charge in [0.05, 0.1) is 11.4 Å². The van der Waals surface area contributed by atoms with E-state index in [1.807, 2.05) is 46.2 Å². The standard InChI is InChI=1S/C22H22N4O4S2/c1-15(27)16-2-5-18(6-3-16)24-8-10-25(11-9-24)21(28)17-4-7-19-20(14-17)31-22-23-32(29,30)13-12-26(19)22/h2-7,14H,8-13H2,1H3. The number of Topliss-reactive ketones (excluding diaryl/α,β-unsaturated/α-hetero) is 1. The minimum atomic E-state index is -3.40. The van der Waals surface area contributed by atoms with Crippen LogP contribution >= 0.6 is 11.8 Å². The summed E-state index contributed by atoms with van der Waals surface area (Å²) in [6.07, 6.45) is 0. The van der Waals surface area contributed by atoms with E-state index in [1.165, 1.54) is 11.8 Å². The molecule has 0 saturated carbocycles. The second-order valence-electron chi connectivity index (χ2n) is 7.98. The molecule has 3 aliphatic rings. The third-order valence-electron chi connectivity index (χ3n) is 5.93. The van der Waals surface area contributed by atoms with Gasteiger partial charge in [-0.05, 0) is 61.2 Å². The van der Waals surface area contributed by atoms with E-state index < -0.39 is 10.0 Å². The highest BCUT2D eigenvalue weighted by Gasteiger charge is 2.34. The van der Waals surface area contributed by atoms with Crippen molar-refractivity contribution in [2.45, 2.75) is 11.8 Å². The highest BCUT2D eigenvalue weighted by atomic mass is 32.2. The molecule has 0 N–H and O–H groups in total. The maximum Gasteiger partial charge on any atom is 0.257 e. The van der Waals surface area contributed by atoms with Crippen LogP contribution in [0.3, 0.4) is 0 Å². The van der Waals surface area contributed by atoms with Crippen molar-refractivity contribution in [3.63, 3.8) is 0 Å². The molecule has 0 aromatic heterocycles. The van der Waals surface area contributed by atoms with Crippen molar-refractivity contribution < 1.29 is 18.0 Å². The number of amides is 1. The Labute approximate surface area is 191 Å². The van der Waals surface area contributed by atoms with E-state index in [0.717, 1.165) is 16.3 Å². The maximum atomic E-state index is 13.1. The number of hydrogen-bond acceptors (Lipinski definition) is 7. The number of anilines is 2. The Morgan fingerprint density at radius 2 is 1.62 bits per heavy atom. The lowest BCUT2D eigenvalue weighted by Gasteiger charge is -2.36. The van der Waals surface area contributed by atoms with Crippen LogP contribution in [0.5, 0.6) is 0 Å². The smallest absolute Gasteiger partial charge is 0.257 e. The van der Waals surface area contributed by atoms with Gasteiger partial charge in [-0.1, -0.05) is 0 Å². The molecule has 0 aliphatic carbocycles. The predicted molar refractivity (Wildman–Crippen MR) is 125 cm³/mol. The Morgan fingerprint density at radius 1 is 0.938 bits per heavy atom. The van der Waals surface area contributed by atoms with Gasteiger partial charge in [-0.15, -0.1) is 4.40 Å². The van der Waals surface area contributed by atoms with Crippen molar-refractivity contribution in [2.24, 2.45) is 4.40 Å². The van der Waals surface area contributed by atoms with Gasteiger partial charge in [0, 0.05) is 54.4 Å². The van der Waals surface area contributed by atoms with Gasteiger partial charge in [0.2, 0.25) is 0 Å². The zero-order valence-corrected chi connectivity index (χ0v) is 19.2. The highest BCUT2D eigenvalue weighted by molar-refractivity contribution is 8.15. The van der Waals surface area contributed by atoms with Crippen molar-refractivity contribution in [2.75, 3.05) is 48.3 Å². The van der Waals surface area contributed by atoms with Crippen LogP contribution in [-0.4, -0.2) is 68.7 Å². The number of benzene rings is 2. The van der Waals surface area contributed by atoms with Gasteiger partial charge in [-0.2, -0.15) is 0 Å². The third kappa shape index (κ3) is 3.88. The predicted octanol–water partition coefficient (Wildman–Crippen LogP) is 2.46. The molecule has 1 amide bonds. The number of rotatable bonds is 3. The van der Waals surface area contributed by atoms with E-state index in [0.29, 0.717) is 49.0 Å². The molecule has 0 unspecified atom stereocenters. The summed E-state index contributed by atoms with van der Waals surface area (Å²) in [7, 11) is -3.40. The average Bonchev–Trinajstić information content (AvgIpc) is 3.14. The zero-order valence-electron chi connectivity index (χ0n) is 17.5. The number of hydrogen-bond donors (Lipinski definition) is 0. The summed E-state index contributed by atoms with van der Waals surface area (Å²) in [6, 6.07) is 13.1. The van der Waals surface area contributed by atoms with E-state index in [4.69, 9.17) is 0 Å². The van der Waals surface area contributed by atoms with E-state index in [9.17, 15) is 18.0 Å². The fourth-order valence-corrected chi connectivity index (χ4v) is 6.42. The monoisotopic (exact) mass is 470 g/mol. The first kappa shape index (κ1) is 21.0. The molecule has 3 heterocycles. The summed E-state index contributed by atoms with van der Waals surface area (Å²) < 4.78 is 27.5. The van der Waals surface area contributed by atoms with Crippen LogP contribution < -0.4 is 9.80 Å². The van der Waals surface area contributed by atoms with Crippen LogP contribution in [0, 0.1) is 0 Å². The van der Waals surface area contributed by atoms with E-state index in [2.05, 4.69) is 9.30 Å². The first-order valence-corrected chi connectivity index (χ1v) is 12.8. The number of carbonyl (C=O) groups is 2. The molecule has 8 nitrogen and oxygen atoms in total. The van der Waals surface area contributed by atoms with Gasteiger partial charge in [0.1, 0.15) is 0 Å². The molecule has 0 atom stereocenters. The molecule has 166 valence electrons. The number of amidine groups is 1. The van der Waals surface area contributed by atoms with Crippen molar-refractivity contribution in [1.29, 1.82) is 0 Å². The van der Waals surface area contributed by atoms with Gasteiger partial charge in [-0.25, -0.2) is 8.42 Å². The molecule has 1 fully saturated rings. The van der Waals surface area contributed by atoms with Crippen LogP contribution in [0.15, 0.2) is 51.8 Å². The molecule has 0 bridgehead atoms. The summed E-state index contributed by atoms with van der Waals surface area (Å²) in [5.41, 5.74) is 3.23. The number of piperazine rings is 1. The number of sulfonamides is 1. The minimum absolute atomic E-state index is 0.00105. The largest absolute Gasteiger partial charge is 0.368 e. The van der Waals surface area contributed by atoms with Crippen LogP contribution in [0.25, 0.3) is 0 Å². The molecule has 32 heavy (non-hydrogen) atoms. The van der Waals surface area contributed by atoms with Gasteiger partial charge in [-0.3, -0.25) is 9.59 Å². The Bertz CT molecular complexity index is 1230. The Balaban J connectivity index is 1.26. The average molecular weight is 471 g/mol. The highest BCUT2D eigenvalue weighted by Crippen LogP contribution is 2.42. The summed E-state index contributed by atoms with van der Waals surface area (Å²) in [5, 5.41) is 0.459. The SMILES string of the molecule is CC(=O)c1ccc(N2CCN(C(=O)c3ccc4c(c3)SC3=NS(=O)(=O)CCN34)CC2)cc1. The van der Waals surface area contributed by atoms with Crippen LogP contribution in [0.2, 0.25) is 0 Å². The second-order valence-corrected chi connectivity index (χ2v) is 10.7. The summed E-state index contributed by atoms with van der Waals surface area (Å²) in [4.78, 5) is 31.4. The van der Waals surface area contributed by atoms with Crippen LogP contribution in [-0.2, 0) is 10.0 Å². The van der Waals surface area contributed by atoms with Crippen molar-refractivity contribution in [1.82, 2.24) is 4.90 Å². The number of fused-ring (bicyclic) bond motifs is 3. The summed E-state index contributed by atoms with van der Waals surface area (Å²) in [6.45, 7) is 4.57. The molecule has 3 aliphatic heterocycles. The van der Waals surface area contributed by atoms with Gasteiger partial charge in [0.15, 0.2) is 11.0 Å². The number of carbonyl (C=O) groups excluding carboxylic acids is 2. The van der Waals surface area contributed by atoms with Crippen LogP contribution in [0.1, 0.15) is 27.6 Å². The normalized spacial score (nSPS) is 19.3.